The third-order valence-electron chi connectivity index (χ3n) is 1.50. The van der Waals surface area contributed by atoms with E-state index in [4.69, 9.17) is 5.73 Å². The molecule has 0 aromatic heterocycles. The minimum atomic E-state index is 0.560. The molecule has 1 aromatic rings. The molecular formula is C8H13N3. The lowest BCUT2D eigenvalue weighted by atomic mass is 10.2. The maximum atomic E-state index is 5.51. The van der Waals surface area contributed by atoms with Crippen LogP contribution >= 0.6 is 0 Å². The lowest BCUT2D eigenvalue weighted by Crippen LogP contribution is -2.17. The van der Waals surface area contributed by atoms with Crippen molar-refractivity contribution in [3.05, 3.63) is 29.8 Å². The van der Waals surface area contributed by atoms with Crippen LogP contribution in [0.3, 0.4) is 0 Å². The number of anilines is 1. The summed E-state index contributed by atoms with van der Waals surface area (Å²) in [5.41, 5.74) is 13.5. The minimum Gasteiger partial charge on any atom is -0.326 e. The minimum absolute atomic E-state index is 0.560. The van der Waals surface area contributed by atoms with Gasteiger partial charge in [-0.05, 0) is 11.6 Å². The van der Waals surface area contributed by atoms with Crippen LogP contribution in [0.5, 0.6) is 0 Å². The lowest BCUT2D eigenvalue weighted by Gasteiger charge is -2.08. The van der Waals surface area contributed by atoms with Gasteiger partial charge in [-0.25, -0.2) is 5.43 Å². The third kappa shape index (κ3) is 1.93. The van der Waals surface area contributed by atoms with Crippen LogP contribution < -0.4 is 16.6 Å². The van der Waals surface area contributed by atoms with Crippen molar-refractivity contribution in [2.24, 2.45) is 5.73 Å². The fourth-order valence-corrected chi connectivity index (χ4v) is 0.955. The zero-order valence-corrected chi connectivity index (χ0v) is 6.59. The molecule has 0 fully saturated rings. The Morgan fingerprint density at radius 1 is 1.36 bits per heavy atom. The van der Waals surface area contributed by atoms with E-state index in [0.717, 1.165) is 11.3 Å². The van der Waals surface area contributed by atoms with E-state index >= 15 is 0 Å². The topological polar surface area (TPSA) is 50.1 Å². The van der Waals surface area contributed by atoms with Gasteiger partial charge in [-0.2, -0.15) is 0 Å². The second-order valence-electron chi connectivity index (χ2n) is 2.24. The van der Waals surface area contributed by atoms with Crippen LogP contribution in [-0.4, -0.2) is 7.05 Å². The SMILES string of the molecule is CNNc1ccccc1CN. The summed E-state index contributed by atoms with van der Waals surface area (Å²) in [7, 11) is 1.83. The van der Waals surface area contributed by atoms with Gasteiger partial charge in [0.05, 0.1) is 5.69 Å². The van der Waals surface area contributed by atoms with E-state index in [1.165, 1.54) is 0 Å². The van der Waals surface area contributed by atoms with Crippen LogP contribution in [0.2, 0.25) is 0 Å². The van der Waals surface area contributed by atoms with Gasteiger partial charge in [0.2, 0.25) is 0 Å². The molecule has 0 saturated carbocycles. The monoisotopic (exact) mass is 151 g/mol. The third-order valence-corrected chi connectivity index (χ3v) is 1.50. The zero-order valence-electron chi connectivity index (χ0n) is 6.59. The summed E-state index contributed by atoms with van der Waals surface area (Å²) in [6.07, 6.45) is 0. The molecule has 3 nitrogen and oxygen atoms in total. The van der Waals surface area contributed by atoms with Crippen LogP contribution in [0.25, 0.3) is 0 Å². The first-order valence-corrected chi connectivity index (χ1v) is 3.59. The van der Waals surface area contributed by atoms with Gasteiger partial charge in [0.15, 0.2) is 0 Å². The van der Waals surface area contributed by atoms with Crippen molar-refractivity contribution in [1.82, 2.24) is 5.43 Å². The van der Waals surface area contributed by atoms with Crippen LogP contribution in [0.1, 0.15) is 5.56 Å². The first kappa shape index (κ1) is 8.04. The summed E-state index contributed by atoms with van der Waals surface area (Å²) in [6, 6.07) is 7.93. The fourth-order valence-electron chi connectivity index (χ4n) is 0.955. The summed E-state index contributed by atoms with van der Waals surface area (Å²) in [5.74, 6) is 0. The van der Waals surface area contributed by atoms with Gasteiger partial charge >= 0.3 is 0 Å². The quantitative estimate of drug-likeness (QED) is 0.557. The van der Waals surface area contributed by atoms with Gasteiger partial charge in [0, 0.05) is 13.6 Å². The van der Waals surface area contributed by atoms with Crippen LogP contribution in [-0.2, 0) is 6.54 Å². The lowest BCUT2D eigenvalue weighted by molar-refractivity contribution is 0.964. The van der Waals surface area contributed by atoms with Crippen molar-refractivity contribution in [2.45, 2.75) is 6.54 Å². The number of hydrazine groups is 1. The van der Waals surface area contributed by atoms with E-state index in [-0.39, 0.29) is 0 Å². The molecule has 0 radical (unpaired) electrons. The highest BCUT2D eigenvalue weighted by Gasteiger charge is 1.95. The van der Waals surface area contributed by atoms with Gasteiger partial charge in [0.1, 0.15) is 0 Å². The van der Waals surface area contributed by atoms with E-state index < -0.39 is 0 Å². The molecule has 0 atom stereocenters. The number of benzene rings is 1. The second-order valence-corrected chi connectivity index (χ2v) is 2.24. The fraction of sp³-hybridized carbons (Fsp3) is 0.250. The van der Waals surface area contributed by atoms with E-state index in [9.17, 15) is 0 Å². The molecule has 3 heteroatoms. The van der Waals surface area contributed by atoms with E-state index in [1.54, 1.807) is 0 Å². The standard InChI is InChI=1S/C8H13N3/c1-10-11-8-5-3-2-4-7(8)6-9/h2-5,10-11H,6,9H2,1H3. The average molecular weight is 151 g/mol. The number of para-hydroxylation sites is 1. The Morgan fingerprint density at radius 3 is 2.73 bits per heavy atom. The Balaban J connectivity index is 2.83. The molecule has 0 aliphatic heterocycles. The number of hydrogen-bond acceptors (Lipinski definition) is 3. The summed E-state index contributed by atoms with van der Waals surface area (Å²) in [6.45, 7) is 0.560. The number of hydrogen-bond donors (Lipinski definition) is 3. The smallest absolute Gasteiger partial charge is 0.0532 e. The Bertz CT molecular complexity index is 222. The molecule has 60 valence electrons. The van der Waals surface area contributed by atoms with Gasteiger partial charge in [-0.15, -0.1) is 0 Å². The maximum Gasteiger partial charge on any atom is 0.0532 e. The molecule has 0 unspecified atom stereocenters. The number of nitrogens with two attached hydrogens (primary N) is 1. The van der Waals surface area contributed by atoms with Crippen molar-refractivity contribution < 1.29 is 0 Å². The molecule has 0 saturated heterocycles. The van der Waals surface area contributed by atoms with Crippen LogP contribution in [0.15, 0.2) is 24.3 Å². The first-order chi connectivity index (χ1) is 5.38. The van der Waals surface area contributed by atoms with E-state index in [1.807, 2.05) is 31.3 Å². The predicted octanol–water partition coefficient (Wildman–Crippen LogP) is 0.692. The molecule has 11 heavy (non-hydrogen) atoms. The van der Waals surface area contributed by atoms with Crippen molar-refractivity contribution in [3.63, 3.8) is 0 Å². The highest BCUT2D eigenvalue weighted by molar-refractivity contribution is 5.49. The molecule has 1 aromatic carbocycles. The summed E-state index contributed by atoms with van der Waals surface area (Å²) in [5, 5.41) is 0. The van der Waals surface area contributed by atoms with Crippen molar-refractivity contribution >= 4 is 5.69 Å². The second kappa shape index (κ2) is 3.95. The largest absolute Gasteiger partial charge is 0.326 e. The number of nitrogens with one attached hydrogen (secondary N) is 2. The van der Waals surface area contributed by atoms with Gasteiger partial charge < -0.3 is 11.2 Å². The van der Waals surface area contributed by atoms with Gasteiger partial charge in [-0.1, -0.05) is 18.2 Å². The summed E-state index contributed by atoms with van der Waals surface area (Å²) >= 11 is 0. The molecule has 0 spiro atoms. The average Bonchev–Trinajstić information content (AvgIpc) is 2.06. The molecule has 0 aliphatic carbocycles. The van der Waals surface area contributed by atoms with Crippen LogP contribution in [0.4, 0.5) is 5.69 Å². The highest BCUT2D eigenvalue weighted by Crippen LogP contribution is 2.11. The molecule has 0 bridgehead atoms. The molecule has 1 rings (SSSR count). The zero-order chi connectivity index (χ0) is 8.10. The summed E-state index contributed by atoms with van der Waals surface area (Å²) in [4.78, 5) is 0. The Morgan fingerprint density at radius 2 is 2.09 bits per heavy atom. The van der Waals surface area contributed by atoms with Gasteiger partial charge in [0.25, 0.3) is 0 Å². The Labute approximate surface area is 66.6 Å². The molecule has 0 aliphatic rings. The molecular weight excluding hydrogens is 138 g/mol. The van der Waals surface area contributed by atoms with Crippen LogP contribution in [0, 0.1) is 0 Å². The number of rotatable bonds is 3. The normalized spacial score (nSPS) is 9.64. The van der Waals surface area contributed by atoms with E-state index in [0.29, 0.717) is 6.54 Å². The van der Waals surface area contributed by atoms with Gasteiger partial charge in [-0.3, -0.25) is 0 Å². The molecule has 0 amide bonds. The summed E-state index contributed by atoms with van der Waals surface area (Å²) < 4.78 is 0. The Kier molecular flexibility index (Phi) is 2.89. The molecule has 0 heterocycles. The van der Waals surface area contributed by atoms with Crippen molar-refractivity contribution in [3.8, 4) is 0 Å². The molecule has 4 N–H and O–H groups in total. The predicted molar refractivity (Wildman–Crippen MR) is 47.0 cm³/mol. The van der Waals surface area contributed by atoms with Crippen molar-refractivity contribution in [1.29, 1.82) is 0 Å². The highest BCUT2D eigenvalue weighted by atomic mass is 15.3. The van der Waals surface area contributed by atoms with E-state index in [2.05, 4.69) is 10.9 Å². The Hall–Kier alpha value is -1.06. The van der Waals surface area contributed by atoms with Crippen molar-refractivity contribution in [2.75, 3.05) is 12.5 Å². The first-order valence-electron chi connectivity index (χ1n) is 3.59. The maximum absolute atomic E-state index is 5.51.